The second kappa shape index (κ2) is 9.61. The van der Waals surface area contributed by atoms with Crippen LogP contribution in [0.2, 0.25) is 10.0 Å². The molecule has 0 heterocycles. The molecule has 0 spiro atoms. The SMILES string of the molecule is CCCCOc1cccc(C(=O)NC(=S)Nc2ccc(Cl)cc2Cl)c1. The predicted octanol–water partition coefficient (Wildman–Crippen LogP) is 5.30. The van der Waals surface area contributed by atoms with Gasteiger partial charge in [0.15, 0.2) is 5.11 Å². The standard InChI is InChI=1S/C18H18Cl2N2O2S/c1-2-3-9-24-14-6-4-5-12(10-14)17(23)22-18(25)21-16-8-7-13(19)11-15(16)20/h4-8,10-11H,2-3,9H2,1H3,(H2,21,22,23,25). The Morgan fingerprint density at radius 3 is 2.72 bits per heavy atom. The van der Waals surface area contributed by atoms with Crippen LogP contribution in [0.25, 0.3) is 0 Å². The monoisotopic (exact) mass is 396 g/mol. The number of carbonyl (C=O) groups is 1. The zero-order chi connectivity index (χ0) is 18.2. The molecule has 1 amide bonds. The van der Waals surface area contributed by atoms with E-state index in [0.717, 1.165) is 12.8 Å². The fourth-order valence-electron chi connectivity index (χ4n) is 1.98. The number of thiocarbonyl (C=S) groups is 1. The van der Waals surface area contributed by atoms with Crippen molar-refractivity contribution in [2.45, 2.75) is 19.8 Å². The maximum Gasteiger partial charge on any atom is 0.257 e. The third-order valence-corrected chi connectivity index (χ3v) is 4.02. The Hall–Kier alpha value is -1.82. The van der Waals surface area contributed by atoms with E-state index in [4.69, 9.17) is 40.2 Å². The zero-order valence-electron chi connectivity index (χ0n) is 13.6. The van der Waals surface area contributed by atoms with Crippen molar-refractivity contribution in [3.8, 4) is 5.75 Å². The molecule has 132 valence electrons. The van der Waals surface area contributed by atoms with E-state index in [1.807, 2.05) is 6.07 Å². The van der Waals surface area contributed by atoms with Gasteiger partial charge in [-0.2, -0.15) is 0 Å². The first-order valence-corrected chi connectivity index (χ1v) is 8.96. The van der Waals surface area contributed by atoms with Crippen molar-refractivity contribution in [2.75, 3.05) is 11.9 Å². The molecule has 2 N–H and O–H groups in total. The van der Waals surface area contributed by atoms with Gasteiger partial charge in [-0.15, -0.1) is 0 Å². The van der Waals surface area contributed by atoms with Gasteiger partial charge < -0.3 is 10.1 Å². The first-order chi connectivity index (χ1) is 12.0. The van der Waals surface area contributed by atoms with Gasteiger partial charge in [0.2, 0.25) is 0 Å². The number of halogens is 2. The zero-order valence-corrected chi connectivity index (χ0v) is 16.0. The van der Waals surface area contributed by atoms with E-state index in [0.29, 0.717) is 33.7 Å². The minimum atomic E-state index is -0.330. The molecule has 0 fully saturated rings. The van der Waals surface area contributed by atoms with Crippen LogP contribution in [-0.2, 0) is 0 Å². The molecule has 2 rings (SSSR count). The summed E-state index contributed by atoms with van der Waals surface area (Å²) in [6, 6.07) is 11.9. The topological polar surface area (TPSA) is 50.4 Å². The van der Waals surface area contributed by atoms with Crippen LogP contribution in [0.3, 0.4) is 0 Å². The highest BCUT2D eigenvalue weighted by atomic mass is 35.5. The third-order valence-electron chi connectivity index (χ3n) is 3.27. The number of anilines is 1. The molecule has 0 bridgehead atoms. The van der Waals surface area contributed by atoms with Crippen molar-refractivity contribution < 1.29 is 9.53 Å². The van der Waals surface area contributed by atoms with Gasteiger partial charge >= 0.3 is 0 Å². The Bertz CT molecular complexity index is 768. The number of hydrogen-bond donors (Lipinski definition) is 2. The Morgan fingerprint density at radius 2 is 2.00 bits per heavy atom. The van der Waals surface area contributed by atoms with Gasteiger partial charge in [-0.25, -0.2) is 0 Å². The first kappa shape index (κ1) is 19.5. The van der Waals surface area contributed by atoms with Crippen LogP contribution < -0.4 is 15.4 Å². The molecule has 0 unspecified atom stereocenters. The molecule has 25 heavy (non-hydrogen) atoms. The number of nitrogens with one attached hydrogen (secondary N) is 2. The van der Waals surface area contributed by atoms with Gasteiger partial charge in [-0.1, -0.05) is 42.6 Å². The second-order valence-electron chi connectivity index (χ2n) is 5.26. The Balaban J connectivity index is 1.96. The van der Waals surface area contributed by atoms with E-state index in [-0.39, 0.29) is 11.0 Å². The maximum absolute atomic E-state index is 12.3. The van der Waals surface area contributed by atoms with Gasteiger partial charge in [0.1, 0.15) is 5.75 Å². The summed E-state index contributed by atoms with van der Waals surface area (Å²) >= 11 is 17.1. The summed E-state index contributed by atoms with van der Waals surface area (Å²) in [6.07, 6.45) is 2.01. The number of unbranched alkanes of at least 4 members (excludes halogenated alkanes) is 1. The smallest absolute Gasteiger partial charge is 0.257 e. The fraction of sp³-hybridized carbons (Fsp3) is 0.222. The lowest BCUT2D eigenvalue weighted by Crippen LogP contribution is -2.34. The predicted molar refractivity (Wildman–Crippen MR) is 107 cm³/mol. The molecule has 4 nitrogen and oxygen atoms in total. The minimum Gasteiger partial charge on any atom is -0.494 e. The Labute approximate surface area is 162 Å². The lowest BCUT2D eigenvalue weighted by atomic mass is 10.2. The van der Waals surface area contributed by atoms with Gasteiger partial charge in [-0.05, 0) is 55.0 Å². The Kier molecular flexibility index (Phi) is 7.50. The van der Waals surface area contributed by atoms with Gasteiger partial charge in [0.05, 0.1) is 17.3 Å². The van der Waals surface area contributed by atoms with E-state index in [2.05, 4.69) is 17.6 Å². The number of benzene rings is 2. The van der Waals surface area contributed by atoms with Crippen LogP contribution in [0.5, 0.6) is 5.75 Å². The average molecular weight is 397 g/mol. The van der Waals surface area contributed by atoms with Crippen LogP contribution in [0.15, 0.2) is 42.5 Å². The van der Waals surface area contributed by atoms with Gasteiger partial charge in [0, 0.05) is 10.6 Å². The van der Waals surface area contributed by atoms with Gasteiger partial charge in [-0.3, -0.25) is 10.1 Å². The molecule has 2 aromatic rings. The normalized spacial score (nSPS) is 10.2. The molecule has 0 aliphatic rings. The fourth-order valence-corrected chi connectivity index (χ4v) is 2.64. The molecule has 7 heteroatoms. The molecule has 0 aliphatic heterocycles. The average Bonchev–Trinajstić information content (AvgIpc) is 2.58. The molecule has 0 aliphatic carbocycles. The molecule has 0 atom stereocenters. The lowest BCUT2D eigenvalue weighted by molar-refractivity contribution is 0.0977. The van der Waals surface area contributed by atoms with Crippen molar-refractivity contribution in [1.29, 1.82) is 0 Å². The molecule has 0 saturated carbocycles. The molecular formula is C18H18Cl2N2O2S. The highest BCUT2D eigenvalue weighted by molar-refractivity contribution is 7.80. The summed E-state index contributed by atoms with van der Waals surface area (Å²) in [7, 11) is 0. The number of amides is 1. The summed E-state index contributed by atoms with van der Waals surface area (Å²) in [4.78, 5) is 12.3. The van der Waals surface area contributed by atoms with Crippen LogP contribution in [0, 0.1) is 0 Å². The summed E-state index contributed by atoms with van der Waals surface area (Å²) in [6.45, 7) is 2.71. The summed E-state index contributed by atoms with van der Waals surface area (Å²) < 4.78 is 5.61. The van der Waals surface area contributed by atoms with Gasteiger partial charge in [0.25, 0.3) is 5.91 Å². The Morgan fingerprint density at radius 1 is 1.20 bits per heavy atom. The number of hydrogen-bond acceptors (Lipinski definition) is 3. The van der Waals surface area contributed by atoms with E-state index in [9.17, 15) is 4.79 Å². The van der Waals surface area contributed by atoms with E-state index >= 15 is 0 Å². The highest BCUT2D eigenvalue weighted by Crippen LogP contribution is 2.25. The third kappa shape index (κ3) is 6.20. The van der Waals surface area contributed by atoms with Crippen LogP contribution in [0.1, 0.15) is 30.1 Å². The van der Waals surface area contributed by atoms with Crippen LogP contribution in [0.4, 0.5) is 5.69 Å². The maximum atomic E-state index is 12.3. The summed E-state index contributed by atoms with van der Waals surface area (Å²) in [5.74, 6) is 0.323. The number of ether oxygens (including phenoxy) is 1. The molecule has 0 aromatic heterocycles. The van der Waals surface area contributed by atoms with E-state index in [1.165, 1.54) is 0 Å². The van der Waals surface area contributed by atoms with E-state index < -0.39 is 0 Å². The molecular weight excluding hydrogens is 379 g/mol. The molecule has 0 radical (unpaired) electrons. The van der Waals surface area contributed by atoms with Crippen LogP contribution >= 0.6 is 35.4 Å². The van der Waals surface area contributed by atoms with E-state index in [1.54, 1.807) is 36.4 Å². The number of carbonyl (C=O) groups excluding carboxylic acids is 1. The van der Waals surface area contributed by atoms with Crippen molar-refractivity contribution in [3.63, 3.8) is 0 Å². The minimum absolute atomic E-state index is 0.145. The van der Waals surface area contributed by atoms with Crippen molar-refractivity contribution in [1.82, 2.24) is 5.32 Å². The molecule has 2 aromatic carbocycles. The quantitative estimate of drug-likeness (QED) is 0.513. The summed E-state index contributed by atoms with van der Waals surface area (Å²) in [5, 5.41) is 6.56. The van der Waals surface area contributed by atoms with Crippen molar-refractivity contribution in [2.24, 2.45) is 0 Å². The van der Waals surface area contributed by atoms with Crippen molar-refractivity contribution in [3.05, 3.63) is 58.1 Å². The largest absolute Gasteiger partial charge is 0.494 e. The highest BCUT2D eigenvalue weighted by Gasteiger charge is 2.10. The second-order valence-corrected chi connectivity index (χ2v) is 6.51. The molecule has 0 saturated heterocycles. The first-order valence-electron chi connectivity index (χ1n) is 7.80. The summed E-state index contributed by atoms with van der Waals surface area (Å²) in [5.41, 5.74) is 1.02. The van der Waals surface area contributed by atoms with Crippen molar-refractivity contribution >= 4 is 52.1 Å². The lowest BCUT2D eigenvalue weighted by Gasteiger charge is -2.12. The number of rotatable bonds is 6. The van der Waals surface area contributed by atoms with Crippen LogP contribution in [-0.4, -0.2) is 17.6 Å².